The Kier molecular flexibility index (Phi) is 13.6. The molecule has 0 N–H and O–H groups in total. The summed E-state index contributed by atoms with van der Waals surface area (Å²) in [6.45, 7) is 14.3. The van der Waals surface area contributed by atoms with Crippen LogP contribution in [0, 0.1) is 0 Å². The molecule has 0 atom stereocenters. The van der Waals surface area contributed by atoms with Crippen molar-refractivity contribution in [1.82, 2.24) is 30.0 Å². The van der Waals surface area contributed by atoms with Crippen LogP contribution in [0.3, 0.4) is 0 Å². The number of hydrogen-bond donors (Lipinski definition) is 0. The van der Waals surface area contributed by atoms with Crippen molar-refractivity contribution in [2.75, 3.05) is 26.4 Å². The van der Waals surface area contributed by atoms with Gasteiger partial charge in [0.15, 0.2) is 8.32 Å². The molecule has 4 aromatic carbocycles. The van der Waals surface area contributed by atoms with E-state index in [9.17, 15) is 0 Å². The third-order valence-electron chi connectivity index (χ3n) is 10.8. The zero-order valence-electron chi connectivity index (χ0n) is 35.0. The lowest BCUT2D eigenvalue weighted by Gasteiger charge is -2.36. The van der Waals surface area contributed by atoms with Gasteiger partial charge in [0, 0.05) is 23.8 Å². The van der Waals surface area contributed by atoms with Gasteiger partial charge in [-0.05, 0) is 110 Å². The summed E-state index contributed by atoms with van der Waals surface area (Å²) < 4.78 is 35.0. The number of fused-ring (bicyclic) bond motifs is 12. The number of ether oxygens (including phenoxy) is 4. The van der Waals surface area contributed by atoms with Crippen molar-refractivity contribution in [1.29, 1.82) is 0 Å². The van der Waals surface area contributed by atoms with E-state index in [2.05, 4.69) is 72.7 Å². The number of rotatable bonds is 4. The van der Waals surface area contributed by atoms with Gasteiger partial charge in [0.1, 0.15) is 34.4 Å². The van der Waals surface area contributed by atoms with Crippen molar-refractivity contribution in [3.8, 4) is 34.4 Å². The molecule has 0 spiro atoms. The fourth-order valence-electron chi connectivity index (χ4n) is 6.34. The van der Waals surface area contributed by atoms with Crippen LogP contribution in [0.2, 0.25) is 18.1 Å². The van der Waals surface area contributed by atoms with E-state index in [0.717, 1.165) is 89.6 Å². The third-order valence-corrected chi connectivity index (χ3v) is 15.3. The monoisotopic (exact) mass is 812 g/mol. The largest absolute Gasteiger partial charge is 0.494 e. The van der Waals surface area contributed by atoms with Gasteiger partial charge in [-0.2, -0.15) is 0 Å². The Morgan fingerprint density at radius 2 is 1.08 bits per heavy atom. The fraction of sp³-hybridized carbons (Fsp3) is 0.362. The zero-order valence-corrected chi connectivity index (χ0v) is 36.0. The SMILES string of the molecule is CC(C)(C)[Si](C)(C)OCc1cc2cc(c1)OCCCCCOc1cccc(c1)-n1cc(nn1)C(=Cc1ccccc1)c1cn(nn1)-c1cccc(c1)OCCCCCO2. The quantitative estimate of drug-likeness (QED) is 0.161. The van der Waals surface area contributed by atoms with Crippen LogP contribution >= 0.6 is 0 Å². The molecule has 59 heavy (non-hydrogen) atoms. The third kappa shape index (κ3) is 11.5. The Balaban J connectivity index is 1.09. The van der Waals surface area contributed by atoms with Crippen molar-refractivity contribution in [2.45, 2.75) is 84.0 Å². The second-order valence-corrected chi connectivity index (χ2v) is 21.2. The first-order chi connectivity index (χ1) is 28.6. The first kappa shape index (κ1) is 41.4. The molecular weight excluding hydrogens is 757 g/mol. The summed E-state index contributed by atoms with van der Waals surface area (Å²) >= 11 is 0. The molecule has 0 unspecified atom stereocenters. The van der Waals surface area contributed by atoms with E-state index in [-0.39, 0.29) is 5.04 Å². The molecule has 3 heterocycles. The molecule has 1 aliphatic heterocycles. The number of nitrogens with zero attached hydrogens (tertiary/aromatic N) is 6. The molecule has 12 heteroatoms. The van der Waals surface area contributed by atoms with Crippen LogP contribution in [-0.2, 0) is 11.0 Å². The Morgan fingerprint density at radius 3 is 1.58 bits per heavy atom. The van der Waals surface area contributed by atoms with Gasteiger partial charge < -0.3 is 23.4 Å². The Morgan fingerprint density at radius 1 is 0.593 bits per heavy atom. The molecule has 1 aliphatic rings. The molecule has 7 rings (SSSR count). The maximum absolute atomic E-state index is 6.57. The molecule has 6 aromatic rings. The zero-order chi connectivity index (χ0) is 41.1. The van der Waals surface area contributed by atoms with Gasteiger partial charge in [-0.15, -0.1) is 10.2 Å². The van der Waals surface area contributed by atoms with E-state index >= 15 is 0 Å². The van der Waals surface area contributed by atoms with Crippen molar-refractivity contribution in [3.05, 3.63) is 132 Å². The standard InChI is InChI=1S/C47H56N6O5Si/c1-47(2,3)59(4,5)58-35-37-27-42-32-43(28-37)57-26-14-8-12-24-55-41-22-16-20-39(31-41)53-34-46(49-51-53)44(29-36-17-9-6-10-18-36)45-33-52(50-48-45)38-19-15-21-40(30-38)54-23-11-7-13-25-56-42/h6,9-10,15-22,27-34H,7-8,11-14,23-26,35H2,1-5H3. The summed E-state index contributed by atoms with van der Waals surface area (Å²) in [7, 11) is -1.93. The van der Waals surface area contributed by atoms with Crippen molar-refractivity contribution >= 4 is 20.0 Å². The van der Waals surface area contributed by atoms with Crippen molar-refractivity contribution in [2.24, 2.45) is 0 Å². The van der Waals surface area contributed by atoms with E-state index < -0.39 is 8.32 Å². The van der Waals surface area contributed by atoms with Crippen LogP contribution < -0.4 is 18.9 Å². The normalized spacial score (nSPS) is 14.8. The molecule has 0 amide bonds. The lowest BCUT2D eigenvalue weighted by atomic mass is 10.1. The summed E-state index contributed by atoms with van der Waals surface area (Å²) in [5.41, 5.74) is 5.89. The predicted octanol–water partition coefficient (Wildman–Crippen LogP) is 10.5. The lowest BCUT2D eigenvalue weighted by Crippen LogP contribution is -2.40. The first-order valence-corrected chi connectivity index (χ1v) is 23.6. The van der Waals surface area contributed by atoms with E-state index in [4.69, 9.17) is 23.4 Å². The molecule has 10 bridgehead atoms. The maximum atomic E-state index is 6.57. The van der Waals surface area contributed by atoms with E-state index in [1.807, 2.05) is 97.3 Å². The number of aromatic nitrogens is 6. The summed E-state index contributed by atoms with van der Waals surface area (Å²) in [5.74, 6) is 3.16. The topological polar surface area (TPSA) is 108 Å². The van der Waals surface area contributed by atoms with E-state index in [1.54, 1.807) is 9.36 Å². The average Bonchev–Trinajstić information content (AvgIpc) is 3.93. The minimum Gasteiger partial charge on any atom is -0.494 e. The minimum atomic E-state index is -1.93. The number of benzene rings is 4. The highest BCUT2D eigenvalue weighted by Crippen LogP contribution is 2.37. The second kappa shape index (κ2) is 19.4. The summed E-state index contributed by atoms with van der Waals surface area (Å²) in [4.78, 5) is 0. The van der Waals surface area contributed by atoms with Crippen LogP contribution in [0.5, 0.6) is 23.0 Å². The van der Waals surface area contributed by atoms with Gasteiger partial charge in [-0.1, -0.05) is 73.7 Å². The van der Waals surface area contributed by atoms with E-state index in [1.165, 1.54) is 0 Å². The highest BCUT2D eigenvalue weighted by molar-refractivity contribution is 6.74. The smallest absolute Gasteiger partial charge is 0.192 e. The molecule has 0 aliphatic carbocycles. The summed E-state index contributed by atoms with van der Waals surface area (Å²) in [6.07, 6.45) is 11.4. The molecule has 2 aromatic heterocycles. The van der Waals surface area contributed by atoms with Gasteiger partial charge in [-0.25, -0.2) is 9.36 Å². The van der Waals surface area contributed by atoms with Gasteiger partial charge in [0.25, 0.3) is 0 Å². The average molecular weight is 813 g/mol. The summed E-state index contributed by atoms with van der Waals surface area (Å²) in [6, 6.07) is 32.1. The van der Waals surface area contributed by atoms with Crippen LogP contribution in [0.15, 0.2) is 109 Å². The lowest BCUT2D eigenvalue weighted by molar-refractivity contribution is 0.263. The van der Waals surface area contributed by atoms with Crippen LogP contribution in [-0.4, -0.2) is 64.7 Å². The highest BCUT2D eigenvalue weighted by atomic mass is 28.4. The molecule has 0 radical (unpaired) electrons. The van der Waals surface area contributed by atoms with Crippen LogP contribution in [0.1, 0.15) is 81.8 Å². The van der Waals surface area contributed by atoms with Gasteiger partial charge in [0.05, 0.1) is 56.8 Å². The minimum absolute atomic E-state index is 0.125. The summed E-state index contributed by atoms with van der Waals surface area (Å²) in [5, 5.41) is 18.3. The second-order valence-electron chi connectivity index (χ2n) is 16.4. The predicted molar refractivity (Wildman–Crippen MR) is 234 cm³/mol. The Bertz CT molecular complexity index is 2180. The molecule has 0 saturated carbocycles. The van der Waals surface area contributed by atoms with Crippen LogP contribution in [0.4, 0.5) is 0 Å². The maximum Gasteiger partial charge on any atom is 0.192 e. The van der Waals surface area contributed by atoms with Crippen molar-refractivity contribution in [3.63, 3.8) is 0 Å². The highest BCUT2D eigenvalue weighted by Gasteiger charge is 2.37. The van der Waals surface area contributed by atoms with E-state index in [0.29, 0.717) is 44.4 Å². The van der Waals surface area contributed by atoms with Gasteiger partial charge in [0.2, 0.25) is 0 Å². The van der Waals surface area contributed by atoms with Crippen LogP contribution in [0.25, 0.3) is 23.0 Å². The molecule has 0 fully saturated rings. The molecule has 11 nitrogen and oxygen atoms in total. The van der Waals surface area contributed by atoms with Crippen molar-refractivity contribution < 1.29 is 23.4 Å². The Labute approximate surface area is 349 Å². The van der Waals surface area contributed by atoms with Gasteiger partial charge in [-0.3, -0.25) is 0 Å². The number of hydrogen-bond acceptors (Lipinski definition) is 9. The Hall–Kier alpha value is -5.72. The first-order valence-electron chi connectivity index (χ1n) is 20.7. The molecule has 0 saturated heterocycles. The molecular formula is C47H56N6O5Si. The molecule has 308 valence electrons. The fourth-order valence-corrected chi connectivity index (χ4v) is 7.30. The van der Waals surface area contributed by atoms with Gasteiger partial charge >= 0.3 is 0 Å².